The summed E-state index contributed by atoms with van der Waals surface area (Å²) in [5.41, 5.74) is 0. The molecule has 0 saturated heterocycles. The van der Waals surface area contributed by atoms with Crippen LogP contribution in [0.1, 0.15) is 46.0 Å². The van der Waals surface area contributed by atoms with Gasteiger partial charge >= 0.3 is 0 Å². The van der Waals surface area contributed by atoms with Gasteiger partial charge < -0.3 is 4.90 Å². The van der Waals surface area contributed by atoms with Crippen molar-refractivity contribution in [2.75, 3.05) is 13.1 Å². The zero-order valence-corrected chi connectivity index (χ0v) is 11.8. The van der Waals surface area contributed by atoms with Gasteiger partial charge in [0, 0.05) is 19.0 Å². The molecule has 0 aliphatic heterocycles. The Bertz CT molecular complexity index is 245. The molecule has 1 saturated carbocycles. The largest absolute Gasteiger partial charge is 0.358 e. The lowest BCUT2D eigenvalue weighted by Gasteiger charge is -2.23. The van der Waals surface area contributed by atoms with Crippen LogP contribution < -0.4 is 0 Å². The van der Waals surface area contributed by atoms with Gasteiger partial charge in [0.05, 0.1) is 0 Å². The van der Waals surface area contributed by atoms with E-state index in [1.165, 1.54) is 31.0 Å². The molecule has 4 heteroatoms. The summed E-state index contributed by atoms with van der Waals surface area (Å²) in [6.07, 6.45) is 5.82. The number of hydrogen-bond acceptors (Lipinski definition) is 3. The van der Waals surface area contributed by atoms with Gasteiger partial charge in [-0.1, -0.05) is 31.5 Å². The first kappa shape index (κ1) is 14.0. The molecule has 0 bridgehead atoms. The van der Waals surface area contributed by atoms with Gasteiger partial charge in [0.15, 0.2) is 5.12 Å². The third-order valence-corrected chi connectivity index (χ3v) is 4.62. The van der Waals surface area contributed by atoms with Crippen molar-refractivity contribution in [3.63, 3.8) is 0 Å². The van der Waals surface area contributed by atoms with Crippen molar-refractivity contribution in [1.82, 2.24) is 4.90 Å². The number of nitrogens with zero attached hydrogens (tertiary/aromatic N) is 1. The van der Waals surface area contributed by atoms with Crippen LogP contribution >= 0.6 is 24.0 Å². The minimum absolute atomic E-state index is 0.257. The molecule has 0 spiro atoms. The number of thiocarbonyl (C=S) groups is 1. The molecule has 2 nitrogen and oxygen atoms in total. The first-order valence-corrected chi connectivity index (χ1v) is 7.42. The lowest BCUT2D eigenvalue weighted by Crippen LogP contribution is -2.28. The van der Waals surface area contributed by atoms with Crippen LogP contribution in [0.4, 0.5) is 0 Å². The van der Waals surface area contributed by atoms with Crippen LogP contribution in [-0.4, -0.2) is 27.4 Å². The molecule has 92 valence electrons. The second-order valence-electron chi connectivity index (χ2n) is 4.19. The molecule has 0 aromatic heterocycles. The number of thioether (sulfide) groups is 1. The Labute approximate surface area is 108 Å². The second kappa shape index (κ2) is 7.28. The SMILES string of the molecule is CCN(CC)C(=S)SC(=O)C1CCCCC1. The number of carbonyl (C=O) groups is 1. The van der Waals surface area contributed by atoms with Crippen molar-refractivity contribution in [2.45, 2.75) is 46.0 Å². The van der Waals surface area contributed by atoms with Crippen molar-refractivity contribution < 1.29 is 4.79 Å². The zero-order chi connectivity index (χ0) is 12.0. The van der Waals surface area contributed by atoms with E-state index < -0.39 is 0 Å². The van der Waals surface area contributed by atoms with E-state index in [-0.39, 0.29) is 11.0 Å². The Hall–Kier alpha value is -0.0900. The van der Waals surface area contributed by atoms with Crippen LogP contribution in [0.5, 0.6) is 0 Å². The number of carbonyl (C=O) groups excluding carboxylic acids is 1. The van der Waals surface area contributed by atoms with E-state index in [9.17, 15) is 4.79 Å². The number of rotatable bonds is 3. The smallest absolute Gasteiger partial charge is 0.198 e. The molecule has 0 atom stereocenters. The quantitative estimate of drug-likeness (QED) is 0.723. The summed E-state index contributed by atoms with van der Waals surface area (Å²) in [5, 5.41) is 0.289. The van der Waals surface area contributed by atoms with E-state index in [2.05, 4.69) is 18.7 Å². The summed E-state index contributed by atoms with van der Waals surface area (Å²) in [6.45, 7) is 5.92. The Morgan fingerprint density at radius 1 is 1.25 bits per heavy atom. The molecule has 0 aromatic carbocycles. The molecule has 1 aliphatic rings. The van der Waals surface area contributed by atoms with Gasteiger partial charge in [-0.2, -0.15) is 0 Å². The Morgan fingerprint density at radius 2 is 1.81 bits per heavy atom. The standard InChI is InChI=1S/C12H21NOS2/c1-3-13(4-2)12(15)16-11(14)10-8-6-5-7-9-10/h10H,3-9H2,1-2H3. The van der Waals surface area contributed by atoms with Crippen LogP contribution in [0.15, 0.2) is 0 Å². The molecule has 1 rings (SSSR count). The molecular formula is C12H21NOS2. The molecule has 0 amide bonds. The lowest BCUT2D eigenvalue weighted by atomic mass is 9.90. The first-order chi connectivity index (χ1) is 7.69. The van der Waals surface area contributed by atoms with Crippen molar-refractivity contribution in [3.05, 3.63) is 0 Å². The maximum atomic E-state index is 12.0. The molecule has 0 aromatic rings. The average molecular weight is 259 g/mol. The molecule has 1 fully saturated rings. The fraction of sp³-hybridized carbons (Fsp3) is 0.833. The van der Waals surface area contributed by atoms with Crippen molar-refractivity contribution in [3.8, 4) is 0 Å². The minimum Gasteiger partial charge on any atom is -0.358 e. The van der Waals surface area contributed by atoms with Crippen molar-refractivity contribution in [1.29, 1.82) is 0 Å². The second-order valence-corrected chi connectivity index (χ2v) is 5.83. The van der Waals surface area contributed by atoms with Gasteiger partial charge in [-0.25, -0.2) is 0 Å². The van der Waals surface area contributed by atoms with Crippen LogP contribution in [0, 0.1) is 5.92 Å². The highest BCUT2D eigenvalue weighted by Crippen LogP contribution is 2.29. The molecule has 0 N–H and O–H groups in total. The Kier molecular flexibility index (Phi) is 6.36. The van der Waals surface area contributed by atoms with Crippen LogP contribution in [0.25, 0.3) is 0 Å². The van der Waals surface area contributed by atoms with Crippen LogP contribution in [-0.2, 0) is 4.79 Å². The maximum Gasteiger partial charge on any atom is 0.198 e. The third-order valence-electron chi connectivity index (χ3n) is 3.15. The van der Waals surface area contributed by atoms with E-state index in [0.717, 1.165) is 30.3 Å². The van der Waals surface area contributed by atoms with Crippen molar-refractivity contribution in [2.24, 2.45) is 5.92 Å². The van der Waals surface area contributed by atoms with Gasteiger partial charge in [-0.15, -0.1) is 0 Å². The van der Waals surface area contributed by atoms with E-state index in [1.807, 2.05) is 0 Å². The Morgan fingerprint density at radius 3 is 2.31 bits per heavy atom. The van der Waals surface area contributed by atoms with Gasteiger partial charge in [0.1, 0.15) is 4.32 Å². The highest BCUT2D eigenvalue weighted by atomic mass is 32.2. The molecule has 0 radical (unpaired) electrons. The Balaban J connectivity index is 2.40. The zero-order valence-electron chi connectivity index (χ0n) is 10.2. The molecule has 0 heterocycles. The fourth-order valence-corrected chi connectivity index (χ4v) is 3.52. The van der Waals surface area contributed by atoms with E-state index in [4.69, 9.17) is 12.2 Å². The van der Waals surface area contributed by atoms with Gasteiger partial charge in [0.25, 0.3) is 0 Å². The highest BCUT2D eigenvalue weighted by molar-refractivity contribution is 8.32. The summed E-state index contributed by atoms with van der Waals surface area (Å²) in [7, 11) is 0. The monoisotopic (exact) mass is 259 g/mol. The van der Waals surface area contributed by atoms with E-state index in [0.29, 0.717) is 0 Å². The minimum atomic E-state index is 0.257. The lowest BCUT2D eigenvalue weighted by molar-refractivity contribution is -0.115. The molecular weight excluding hydrogens is 238 g/mol. The normalized spacial score (nSPS) is 17.1. The summed E-state index contributed by atoms with van der Waals surface area (Å²) in [5.74, 6) is 0.257. The summed E-state index contributed by atoms with van der Waals surface area (Å²) < 4.78 is 0.751. The summed E-state index contributed by atoms with van der Waals surface area (Å²) in [4.78, 5) is 14.1. The van der Waals surface area contributed by atoms with E-state index in [1.54, 1.807) is 0 Å². The van der Waals surface area contributed by atoms with Crippen molar-refractivity contribution >= 4 is 33.4 Å². The third kappa shape index (κ3) is 4.06. The van der Waals surface area contributed by atoms with Gasteiger partial charge in [-0.05, 0) is 38.5 Å². The highest BCUT2D eigenvalue weighted by Gasteiger charge is 2.23. The van der Waals surface area contributed by atoms with Crippen LogP contribution in [0.2, 0.25) is 0 Å². The van der Waals surface area contributed by atoms with Gasteiger partial charge in [-0.3, -0.25) is 4.79 Å². The number of hydrogen-bond donors (Lipinski definition) is 0. The predicted octanol–water partition coefficient (Wildman–Crippen LogP) is 3.45. The fourth-order valence-electron chi connectivity index (χ4n) is 2.05. The summed E-state index contributed by atoms with van der Waals surface area (Å²) in [6, 6.07) is 0. The average Bonchev–Trinajstić information content (AvgIpc) is 2.31. The van der Waals surface area contributed by atoms with Crippen LogP contribution in [0.3, 0.4) is 0 Å². The molecule has 0 unspecified atom stereocenters. The van der Waals surface area contributed by atoms with E-state index >= 15 is 0 Å². The first-order valence-electron chi connectivity index (χ1n) is 6.19. The molecule has 16 heavy (non-hydrogen) atoms. The predicted molar refractivity (Wildman–Crippen MR) is 74.7 cm³/mol. The maximum absolute atomic E-state index is 12.0. The molecule has 1 aliphatic carbocycles. The topological polar surface area (TPSA) is 20.3 Å². The van der Waals surface area contributed by atoms with Gasteiger partial charge in [0.2, 0.25) is 0 Å². The summed E-state index contributed by atoms with van der Waals surface area (Å²) >= 11 is 6.57.